The lowest BCUT2D eigenvalue weighted by Crippen LogP contribution is -2.10. The molecule has 0 amide bonds. The topological polar surface area (TPSA) is 31.0 Å². The Labute approximate surface area is 133 Å². The molecule has 1 unspecified atom stereocenters. The summed E-state index contributed by atoms with van der Waals surface area (Å²) in [5.41, 5.74) is 2.92. The van der Waals surface area contributed by atoms with E-state index in [1.165, 1.54) is 0 Å². The molecule has 21 heavy (non-hydrogen) atoms. The normalized spacial score (nSPS) is 13.0. The maximum absolute atomic E-state index is 6.25. The Bertz CT molecular complexity index is 804. The van der Waals surface area contributed by atoms with Crippen LogP contribution in [-0.2, 0) is 5.88 Å². The van der Waals surface area contributed by atoms with Gasteiger partial charge in [0.2, 0.25) is 0 Å². The second-order valence-corrected chi connectivity index (χ2v) is 5.86. The zero-order chi connectivity index (χ0) is 15.1. The minimum atomic E-state index is 0.0830. The molecule has 0 aliphatic rings. The van der Waals surface area contributed by atoms with Gasteiger partial charge in [-0.2, -0.15) is 0 Å². The number of para-hydroxylation sites is 1. The maximum Gasteiger partial charge on any atom is 0.125 e. The highest BCUT2D eigenvalue weighted by molar-refractivity contribution is 6.35. The lowest BCUT2D eigenvalue weighted by atomic mass is 10.1. The van der Waals surface area contributed by atoms with E-state index in [4.69, 9.17) is 27.6 Å². The van der Waals surface area contributed by atoms with Crippen molar-refractivity contribution in [3.8, 4) is 0 Å². The molecule has 0 aliphatic heterocycles. The third-order valence-corrected chi connectivity index (χ3v) is 4.32. The van der Waals surface area contributed by atoms with Crippen LogP contribution in [0.1, 0.15) is 35.9 Å². The zero-order valence-corrected chi connectivity index (χ0v) is 13.7. The molecule has 0 fully saturated rings. The summed E-state index contributed by atoms with van der Waals surface area (Å²) in [7, 11) is 0. The Morgan fingerprint density at radius 1 is 1.33 bits per heavy atom. The summed E-state index contributed by atoms with van der Waals surface area (Å²) in [5.74, 6) is 2.98. The van der Waals surface area contributed by atoms with Gasteiger partial charge in [-0.1, -0.05) is 17.7 Å². The standard InChI is InChI=1S/C16H16Cl2N2O/c1-9-7-12(11(3)21-9)10(2)20-14-6-4-5-13(18)16(14)19-15(20)8-17/h4-7,10H,8H2,1-3H3. The Morgan fingerprint density at radius 2 is 2.10 bits per heavy atom. The van der Waals surface area contributed by atoms with Crippen LogP contribution in [0.3, 0.4) is 0 Å². The Balaban J connectivity index is 2.23. The van der Waals surface area contributed by atoms with Gasteiger partial charge in [-0.3, -0.25) is 0 Å². The third kappa shape index (κ3) is 2.34. The molecule has 0 aliphatic carbocycles. The number of furan rings is 1. The van der Waals surface area contributed by atoms with Crippen molar-refractivity contribution in [3.63, 3.8) is 0 Å². The molecule has 0 N–H and O–H groups in total. The molecule has 0 bridgehead atoms. The van der Waals surface area contributed by atoms with E-state index >= 15 is 0 Å². The fourth-order valence-corrected chi connectivity index (χ4v) is 3.26. The molecule has 3 aromatic rings. The Kier molecular flexibility index (Phi) is 3.72. The summed E-state index contributed by atoms with van der Waals surface area (Å²) in [5, 5.41) is 0.643. The van der Waals surface area contributed by atoms with E-state index in [1.807, 2.05) is 32.0 Å². The summed E-state index contributed by atoms with van der Waals surface area (Å²) >= 11 is 12.3. The number of nitrogens with zero attached hydrogens (tertiary/aromatic N) is 2. The number of aromatic nitrogens is 2. The summed E-state index contributed by atoms with van der Waals surface area (Å²) in [6.07, 6.45) is 0. The third-order valence-electron chi connectivity index (χ3n) is 3.78. The molecule has 2 heterocycles. The molecule has 3 nitrogen and oxygen atoms in total. The predicted molar refractivity (Wildman–Crippen MR) is 86.3 cm³/mol. The molecule has 1 aromatic carbocycles. The van der Waals surface area contributed by atoms with Gasteiger partial charge in [-0.15, -0.1) is 11.6 Å². The Hall–Kier alpha value is -1.45. The van der Waals surface area contributed by atoms with Gasteiger partial charge < -0.3 is 8.98 Å². The monoisotopic (exact) mass is 322 g/mol. The van der Waals surface area contributed by atoms with Crippen LogP contribution in [0.5, 0.6) is 0 Å². The highest BCUT2D eigenvalue weighted by Crippen LogP contribution is 2.32. The molecule has 110 valence electrons. The van der Waals surface area contributed by atoms with Gasteiger partial charge in [-0.05, 0) is 39.0 Å². The highest BCUT2D eigenvalue weighted by atomic mass is 35.5. The molecular formula is C16H16Cl2N2O. The molecule has 0 saturated heterocycles. The number of hydrogen-bond donors (Lipinski definition) is 0. The van der Waals surface area contributed by atoms with Crippen molar-refractivity contribution in [1.29, 1.82) is 0 Å². The number of imidazole rings is 1. The van der Waals surface area contributed by atoms with E-state index in [1.54, 1.807) is 0 Å². The van der Waals surface area contributed by atoms with Crippen molar-refractivity contribution in [2.24, 2.45) is 0 Å². The molecule has 0 saturated carbocycles. The van der Waals surface area contributed by atoms with Crippen LogP contribution in [0.4, 0.5) is 0 Å². The van der Waals surface area contributed by atoms with Crippen molar-refractivity contribution in [3.05, 3.63) is 52.2 Å². The Morgan fingerprint density at radius 3 is 2.71 bits per heavy atom. The van der Waals surface area contributed by atoms with E-state index in [0.29, 0.717) is 10.9 Å². The first-order valence-corrected chi connectivity index (χ1v) is 7.72. The van der Waals surface area contributed by atoms with Crippen LogP contribution in [0.25, 0.3) is 11.0 Å². The number of fused-ring (bicyclic) bond motifs is 1. The first-order chi connectivity index (χ1) is 10.0. The van der Waals surface area contributed by atoms with Crippen molar-refractivity contribution in [2.75, 3.05) is 0 Å². The van der Waals surface area contributed by atoms with Gasteiger partial charge in [0.25, 0.3) is 0 Å². The second kappa shape index (κ2) is 5.39. The van der Waals surface area contributed by atoms with Crippen LogP contribution < -0.4 is 0 Å². The molecule has 2 aromatic heterocycles. The lowest BCUT2D eigenvalue weighted by Gasteiger charge is -2.16. The number of alkyl halides is 1. The lowest BCUT2D eigenvalue weighted by molar-refractivity contribution is 0.494. The van der Waals surface area contributed by atoms with Crippen molar-refractivity contribution >= 4 is 34.2 Å². The molecule has 5 heteroatoms. The van der Waals surface area contributed by atoms with E-state index in [2.05, 4.69) is 22.5 Å². The average molecular weight is 323 g/mol. The van der Waals surface area contributed by atoms with Gasteiger partial charge >= 0.3 is 0 Å². The predicted octanol–water partition coefficient (Wildman–Crippen LogP) is 5.25. The van der Waals surface area contributed by atoms with E-state index in [9.17, 15) is 0 Å². The number of rotatable bonds is 3. The summed E-state index contributed by atoms with van der Waals surface area (Å²) in [4.78, 5) is 4.58. The smallest absolute Gasteiger partial charge is 0.125 e. The highest BCUT2D eigenvalue weighted by Gasteiger charge is 2.21. The number of halogens is 2. The number of hydrogen-bond acceptors (Lipinski definition) is 2. The molecular weight excluding hydrogens is 307 g/mol. The van der Waals surface area contributed by atoms with Gasteiger partial charge in [0.05, 0.1) is 22.5 Å². The largest absolute Gasteiger partial charge is 0.466 e. The van der Waals surface area contributed by atoms with Gasteiger partial charge in [-0.25, -0.2) is 4.98 Å². The summed E-state index contributed by atoms with van der Waals surface area (Å²) in [6, 6.07) is 7.94. The maximum atomic E-state index is 6.25. The fraction of sp³-hybridized carbons (Fsp3) is 0.312. The zero-order valence-electron chi connectivity index (χ0n) is 12.2. The first kappa shape index (κ1) is 14.5. The molecule has 3 rings (SSSR count). The molecule has 1 atom stereocenters. The quantitative estimate of drug-likeness (QED) is 0.617. The molecule has 0 radical (unpaired) electrons. The van der Waals surface area contributed by atoms with Crippen LogP contribution in [-0.4, -0.2) is 9.55 Å². The number of aryl methyl sites for hydroxylation is 2. The summed E-state index contributed by atoms with van der Waals surface area (Å²) in [6.45, 7) is 6.05. The van der Waals surface area contributed by atoms with Crippen LogP contribution in [0, 0.1) is 13.8 Å². The van der Waals surface area contributed by atoms with E-state index in [0.717, 1.165) is 33.9 Å². The summed E-state index contributed by atoms with van der Waals surface area (Å²) < 4.78 is 7.78. The van der Waals surface area contributed by atoms with Crippen LogP contribution >= 0.6 is 23.2 Å². The number of benzene rings is 1. The van der Waals surface area contributed by atoms with E-state index in [-0.39, 0.29) is 6.04 Å². The van der Waals surface area contributed by atoms with Crippen LogP contribution in [0.15, 0.2) is 28.7 Å². The average Bonchev–Trinajstić information content (AvgIpc) is 2.99. The minimum Gasteiger partial charge on any atom is -0.466 e. The fourth-order valence-electron chi connectivity index (χ4n) is 2.86. The van der Waals surface area contributed by atoms with E-state index < -0.39 is 0 Å². The van der Waals surface area contributed by atoms with Crippen molar-refractivity contribution < 1.29 is 4.42 Å². The second-order valence-electron chi connectivity index (χ2n) is 5.18. The first-order valence-electron chi connectivity index (χ1n) is 6.81. The SMILES string of the molecule is Cc1cc(C(C)n2c(CCl)nc3c(Cl)cccc32)c(C)o1. The van der Waals surface area contributed by atoms with Crippen molar-refractivity contribution in [1.82, 2.24) is 9.55 Å². The van der Waals surface area contributed by atoms with Crippen molar-refractivity contribution in [2.45, 2.75) is 32.7 Å². The van der Waals surface area contributed by atoms with Gasteiger partial charge in [0.15, 0.2) is 0 Å². The van der Waals surface area contributed by atoms with Gasteiger partial charge in [0.1, 0.15) is 22.9 Å². The van der Waals surface area contributed by atoms with Gasteiger partial charge in [0, 0.05) is 5.56 Å². The van der Waals surface area contributed by atoms with Crippen LogP contribution in [0.2, 0.25) is 5.02 Å². The minimum absolute atomic E-state index is 0.0830. The molecule has 0 spiro atoms.